The number of hydrogen-bond acceptors (Lipinski definition) is 4. The highest BCUT2D eigenvalue weighted by Crippen LogP contribution is 2.27. The molecule has 0 aromatic heterocycles. The van der Waals surface area contributed by atoms with Crippen LogP contribution in [-0.4, -0.2) is 24.7 Å². The lowest BCUT2D eigenvalue weighted by molar-refractivity contribution is 0.00639. The molecular formula is C13H17ClN2O3S. The second-order valence-electron chi connectivity index (χ2n) is 5.55. The Kier molecular flexibility index (Phi) is 4.52. The van der Waals surface area contributed by atoms with E-state index in [1.165, 1.54) is 32.0 Å². The number of benzene rings is 1. The summed E-state index contributed by atoms with van der Waals surface area (Å²) in [4.78, 5) is -0.129. The summed E-state index contributed by atoms with van der Waals surface area (Å²) >= 11 is 5.90. The third-order valence-corrected chi connectivity index (χ3v) is 5.41. The number of aliphatic hydroxyl groups is 1. The summed E-state index contributed by atoms with van der Waals surface area (Å²) in [5.41, 5.74) is -2.09. The van der Waals surface area contributed by atoms with Gasteiger partial charge in [0.05, 0.1) is 27.8 Å². The minimum Gasteiger partial charge on any atom is -0.389 e. The first-order chi connectivity index (χ1) is 8.90. The van der Waals surface area contributed by atoms with Gasteiger partial charge in [-0.2, -0.15) is 5.26 Å². The van der Waals surface area contributed by atoms with Crippen molar-refractivity contribution in [3.05, 3.63) is 28.8 Å². The van der Waals surface area contributed by atoms with E-state index >= 15 is 0 Å². The third kappa shape index (κ3) is 3.49. The Morgan fingerprint density at radius 3 is 2.25 bits per heavy atom. The normalized spacial score (nSPS) is 13.1. The fraction of sp³-hybridized carbons (Fsp3) is 0.462. The number of nitriles is 1. The predicted octanol–water partition coefficient (Wildman–Crippen LogP) is 2.04. The lowest BCUT2D eigenvalue weighted by Gasteiger charge is -2.37. The first-order valence-electron chi connectivity index (χ1n) is 5.87. The number of halogens is 1. The lowest BCUT2D eigenvalue weighted by Crippen LogP contribution is -2.57. The maximum absolute atomic E-state index is 12.3. The molecule has 5 nitrogen and oxygen atoms in total. The van der Waals surface area contributed by atoms with Gasteiger partial charge in [-0.15, -0.1) is 0 Å². The third-order valence-electron chi connectivity index (χ3n) is 3.27. The topological polar surface area (TPSA) is 90.2 Å². The van der Waals surface area contributed by atoms with Gasteiger partial charge in [-0.1, -0.05) is 11.6 Å². The van der Waals surface area contributed by atoms with Crippen molar-refractivity contribution < 1.29 is 13.5 Å². The monoisotopic (exact) mass is 316 g/mol. The molecule has 0 atom stereocenters. The van der Waals surface area contributed by atoms with E-state index in [2.05, 4.69) is 4.72 Å². The molecule has 1 aromatic rings. The maximum Gasteiger partial charge on any atom is 0.242 e. The second-order valence-corrected chi connectivity index (χ2v) is 7.60. The molecule has 0 aliphatic carbocycles. The molecular weight excluding hydrogens is 300 g/mol. The summed E-state index contributed by atoms with van der Waals surface area (Å²) in [6.07, 6.45) is 0. The van der Waals surface area contributed by atoms with Crippen molar-refractivity contribution in [1.29, 1.82) is 5.26 Å². The molecule has 0 radical (unpaired) electrons. The summed E-state index contributed by atoms with van der Waals surface area (Å²) in [7, 11) is -3.91. The van der Waals surface area contributed by atoms with E-state index in [0.717, 1.165) is 0 Å². The lowest BCUT2D eigenvalue weighted by atomic mass is 9.87. The van der Waals surface area contributed by atoms with Crippen LogP contribution in [0.2, 0.25) is 5.02 Å². The van der Waals surface area contributed by atoms with Crippen LogP contribution in [0.25, 0.3) is 0 Å². The van der Waals surface area contributed by atoms with Gasteiger partial charge in [-0.3, -0.25) is 0 Å². The van der Waals surface area contributed by atoms with E-state index in [1.807, 2.05) is 6.07 Å². The molecule has 0 heterocycles. The Morgan fingerprint density at radius 1 is 1.30 bits per heavy atom. The zero-order valence-electron chi connectivity index (χ0n) is 11.7. The van der Waals surface area contributed by atoms with Crippen molar-refractivity contribution in [2.75, 3.05) is 0 Å². The van der Waals surface area contributed by atoms with Crippen molar-refractivity contribution in [3.8, 4) is 6.07 Å². The molecule has 0 amide bonds. The Hall–Kier alpha value is -1.13. The average Bonchev–Trinajstić information content (AvgIpc) is 2.25. The molecule has 0 unspecified atom stereocenters. The standard InChI is InChI=1S/C13H17ClN2O3S/c1-12(2,13(3,4)17)16-20(18,19)11-6-5-9(8-15)7-10(11)14/h5-7,16-17H,1-4H3. The van der Waals surface area contributed by atoms with Crippen molar-refractivity contribution >= 4 is 21.6 Å². The van der Waals surface area contributed by atoms with E-state index in [9.17, 15) is 13.5 Å². The van der Waals surface area contributed by atoms with Crippen LogP contribution in [0.4, 0.5) is 0 Å². The predicted molar refractivity (Wildman–Crippen MR) is 76.9 cm³/mol. The van der Waals surface area contributed by atoms with E-state index in [0.29, 0.717) is 0 Å². The average molecular weight is 317 g/mol. The fourth-order valence-electron chi connectivity index (χ4n) is 1.30. The van der Waals surface area contributed by atoms with Crippen LogP contribution in [0.5, 0.6) is 0 Å². The fourth-order valence-corrected chi connectivity index (χ4v) is 3.38. The van der Waals surface area contributed by atoms with Gasteiger partial charge < -0.3 is 5.11 Å². The number of nitrogens with one attached hydrogen (secondary N) is 1. The summed E-state index contributed by atoms with van der Waals surface area (Å²) in [6, 6.07) is 5.80. The first-order valence-corrected chi connectivity index (χ1v) is 7.73. The van der Waals surface area contributed by atoms with Crippen LogP contribution in [0.1, 0.15) is 33.3 Å². The SMILES string of the molecule is CC(C)(O)C(C)(C)NS(=O)(=O)c1ccc(C#N)cc1Cl. The highest BCUT2D eigenvalue weighted by molar-refractivity contribution is 7.89. The highest BCUT2D eigenvalue weighted by Gasteiger charge is 2.39. The van der Waals surface area contributed by atoms with Gasteiger partial charge in [0.1, 0.15) is 4.90 Å². The quantitative estimate of drug-likeness (QED) is 0.889. The zero-order chi connectivity index (χ0) is 15.8. The molecule has 110 valence electrons. The number of sulfonamides is 1. The Balaban J connectivity index is 3.23. The molecule has 0 aliphatic rings. The molecule has 0 aliphatic heterocycles. The van der Waals surface area contributed by atoms with Gasteiger partial charge in [0, 0.05) is 0 Å². The van der Waals surface area contributed by atoms with Gasteiger partial charge in [-0.05, 0) is 45.9 Å². The van der Waals surface area contributed by atoms with Crippen molar-refractivity contribution in [2.24, 2.45) is 0 Å². The molecule has 1 aromatic carbocycles. The van der Waals surface area contributed by atoms with E-state index in [4.69, 9.17) is 16.9 Å². The Labute approximate surface area is 124 Å². The maximum atomic E-state index is 12.3. The molecule has 0 fully saturated rings. The van der Waals surface area contributed by atoms with Gasteiger partial charge in [0.2, 0.25) is 10.0 Å². The largest absolute Gasteiger partial charge is 0.389 e. The van der Waals surface area contributed by atoms with E-state index in [1.54, 1.807) is 13.8 Å². The highest BCUT2D eigenvalue weighted by atomic mass is 35.5. The summed E-state index contributed by atoms with van der Waals surface area (Å²) < 4.78 is 27.1. The summed E-state index contributed by atoms with van der Waals surface area (Å²) in [5.74, 6) is 0. The first kappa shape index (κ1) is 16.9. The minimum absolute atomic E-state index is 0.0388. The number of nitrogens with zero attached hydrogens (tertiary/aromatic N) is 1. The van der Waals surface area contributed by atoms with Crippen LogP contribution in [-0.2, 0) is 10.0 Å². The van der Waals surface area contributed by atoms with Crippen molar-refractivity contribution in [2.45, 2.75) is 43.7 Å². The van der Waals surface area contributed by atoms with Gasteiger partial charge in [0.15, 0.2) is 0 Å². The Bertz CT molecular complexity index is 655. The van der Waals surface area contributed by atoms with Crippen LogP contribution < -0.4 is 4.72 Å². The molecule has 1 rings (SSSR count). The smallest absolute Gasteiger partial charge is 0.242 e. The Morgan fingerprint density at radius 2 is 1.85 bits per heavy atom. The van der Waals surface area contributed by atoms with Gasteiger partial charge in [0.25, 0.3) is 0 Å². The molecule has 0 spiro atoms. The summed E-state index contributed by atoms with van der Waals surface area (Å²) in [6.45, 7) is 6.16. The molecule has 20 heavy (non-hydrogen) atoms. The molecule has 2 N–H and O–H groups in total. The van der Waals surface area contributed by atoms with E-state index < -0.39 is 21.2 Å². The molecule has 0 saturated heterocycles. The summed E-state index contributed by atoms with van der Waals surface area (Å²) in [5, 5.41) is 18.7. The van der Waals surface area contributed by atoms with E-state index in [-0.39, 0.29) is 15.5 Å². The zero-order valence-corrected chi connectivity index (χ0v) is 13.3. The van der Waals surface area contributed by atoms with Crippen molar-refractivity contribution in [1.82, 2.24) is 4.72 Å². The van der Waals surface area contributed by atoms with Crippen LogP contribution in [0, 0.1) is 11.3 Å². The molecule has 0 saturated carbocycles. The van der Waals surface area contributed by atoms with Gasteiger partial charge in [-0.25, -0.2) is 13.1 Å². The number of rotatable bonds is 4. The number of hydrogen-bond donors (Lipinski definition) is 2. The second kappa shape index (κ2) is 5.34. The van der Waals surface area contributed by atoms with Crippen LogP contribution >= 0.6 is 11.6 Å². The van der Waals surface area contributed by atoms with Gasteiger partial charge >= 0.3 is 0 Å². The van der Waals surface area contributed by atoms with Crippen molar-refractivity contribution in [3.63, 3.8) is 0 Å². The van der Waals surface area contributed by atoms with Crippen LogP contribution in [0.15, 0.2) is 23.1 Å². The molecule has 0 bridgehead atoms. The molecule has 7 heteroatoms. The minimum atomic E-state index is -3.91. The van der Waals surface area contributed by atoms with Crippen LogP contribution in [0.3, 0.4) is 0 Å².